The minimum absolute atomic E-state index is 0.0618. The molecule has 5 rings (SSSR count). The van der Waals surface area contributed by atoms with Crippen LogP contribution in [-0.4, -0.2) is 24.5 Å². The molecule has 1 amide bonds. The maximum atomic E-state index is 14.0. The molecule has 0 bridgehead atoms. The number of nitrogens with zero attached hydrogens (tertiary/aromatic N) is 1. The first-order valence-electron chi connectivity index (χ1n) is 12.8. The molecular weight excluding hydrogens is 502 g/mol. The van der Waals surface area contributed by atoms with Crippen molar-refractivity contribution in [3.05, 3.63) is 103 Å². The summed E-state index contributed by atoms with van der Waals surface area (Å²) in [5.74, 6) is 0.857. The Balaban J connectivity index is 1.70. The van der Waals surface area contributed by atoms with Gasteiger partial charge in [-0.25, -0.2) is 0 Å². The lowest BCUT2D eigenvalue weighted by Crippen LogP contribution is -2.29. The first-order chi connectivity index (χ1) is 18.3. The predicted octanol–water partition coefficient (Wildman–Crippen LogP) is 7.00. The Hall–Kier alpha value is -3.77. The van der Waals surface area contributed by atoms with Crippen molar-refractivity contribution < 1.29 is 18.7 Å². The number of carbonyl (C=O) groups is 1. The van der Waals surface area contributed by atoms with Gasteiger partial charge in [-0.05, 0) is 66.8 Å². The van der Waals surface area contributed by atoms with E-state index >= 15 is 0 Å². The quantitative estimate of drug-likeness (QED) is 0.229. The number of methoxy groups -OCH3 is 1. The third-order valence-corrected chi connectivity index (χ3v) is 7.34. The summed E-state index contributed by atoms with van der Waals surface area (Å²) < 4.78 is 17.7. The van der Waals surface area contributed by atoms with Crippen molar-refractivity contribution in [2.24, 2.45) is 0 Å². The zero-order valence-electron chi connectivity index (χ0n) is 22.0. The normalized spacial score (nSPS) is 14.7. The predicted molar refractivity (Wildman–Crippen MR) is 149 cm³/mol. The second kappa shape index (κ2) is 10.5. The van der Waals surface area contributed by atoms with E-state index in [9.17, 15) is 9.59 Å². The molecule has 0 N–H and O–H groups in total. The highest BCUT2D eigenvalue weighted by atomic mass is 35.5. The van der Waals surface area contributed by atoms with Gasteiger partial charge in [-0.15, -0.1) is 0 Å². The number of unbranched alkanes of at least 4 members (excludes halogenated alkanes) is 1. The van der Waals surface area contributed by atoms with Crippen molar-refractivity contribution in [3.63, 3.8) is 0 Å². The Bertz CT molecular complexity index is 1590. The molecule has 2 heterocycles. The van der Waals surface area contributed by atoms with Gasteiger partial charge in [0.2, 0.25) is 5.76 Å². The summed E-state index contributed by atoms with van der Waals surface area (Å²) in [5.41, 5.74) is 3.79. The Kier molecular flexibility index (Phi) is 7.17. The van der Waals surface area contributed by atoms with Gasteiger partial charge in [-0.3, -0.25) is 9.59 Å². The van der Waals surface area contributed by atoms with Crippen LogP contribution in [0.4, 0.5) is 0 Å². The molecule has 0 fully saturated rings. The number of hydrogen-bond acceptors (Lipinski definition) is 5. The van der Waals surface area contributed by atoms with Crippen molar-refractivity contribution in [2.75, 3.05) is 13.7 Å². The standard InChI is InChI=1S/C31H30ClNO5/c1-5-6-13-37-23-12-11-20(16-24(23)36-4)28-27-29(34)26-19(3)14-18(2)15-25(26)38-30(27)31(35)33(28)17-21-9-7-8-10-22(21)32/h7-12,14-16,28H,5-6,13,17H2,1-4H3. The fourth-order valence-corrected chi connectivity index (χ4v) is 5.33. The minimum Gasteiger partial charge on any atom is -0.493 e. The highest BCUT2D eigenvalue weighted by Crippen LogP contribution is 2.42. The van der Waals surface area contributed by atoms with E-state index in [2.05, 4.69) is 6.92 Å². The van der Waals surface area contributed by atoms with E-state index < -0.39 is 6.04 Å². The van der Waals surface area contributed by atoms with E-state index in [1.54, 1.807) is 24.1 Å². The lowest BCUT2D eigenvalue weighted by molar-refractivity contribution is 0.0714. The van der Waals surface area contributed by atoms with Gasteiger partial charge in [-0.1, -0.05) is 55.3 Å². The van der Waals surface area contributed by atoms with Gasteiger partial charge in [0, 0.05) is 11.6 Å². The molecule has 196 valence electrons. The fourth-order valence-electron chi connectivity index (χ4n) is 5.13. The van der Waals surface area contributed by atoms with Gasteiger partial charge in [0.05, 0.1) is 30.7 Å². The van der Waals surface area contributed by atoms with Crippen LogP contribution in [0.1, 0.15) is 64.2 Å². The Labute approximate surface area is 226 Å². The first kappa shape index (κ1) is 25.9. The number of ether oxygens (including phenoxy) is 2. The van der Waals surface area contributed by atoms with Crippen molar-refractivity contribution >= 4 is 28.5 Å². The van der Waals surface area contributed by atoms with Gasteiger partial charge in [-0.2, -0.15) is 0 Å². The van der Waals surface area contributed by atoms with Crippen LogP contribution in [0, 0.1) is 13.8 Å². The second-order valence-corrected chi connectivity index (χ2v) is 10.1. The van der Waals surface area contributed by atoms with Crippen molar-refractivity contribution in [2.45, 2.75) is 46.2 Å². The molecule has 0 saturated carbocycles. The number of amides is 1. The molecule has 6 nitrogen and oxygen atoms in total. The lowest BCUT2D eigenvalue weighted by atomic mass is 9.96. The van der Waals surface area contributed by atoms with E-state index in [1.807, 2.05) is 56.3 Å². The monoisotopic (exact) mass is 531 g/mol. The topological polar surface area (TPSA) is 69.0 Å². The first-order valence-corrected chi connectivity index (χ1v) is 13.1. The smallest absolute Gasteiger partial charge is 0.291 e. The maximum absolute atomic E-state index is 14.0. The molecular formula is C31H30ClNO5. The van der Waals surface area contributed by atoms with Gasteiger partial charge < -0.3 is 18.8 Å². The number of hydrogen-bond donors (Lipinski definition) is 0. The molecule has 7 heteroatoms. The summed E-state index contributed by atoms with van der Waals surface area (Å²) in [6, 6.07) is 16.0. The van der Waals surface area contributed by atoms with Gasteiger partial charge >= 0.3 is 0 Å². The largest absolute Gasteiger partial charge is 0.493 e. The van der Waals surface area contributed by atoms with Crippen LogP contribution in [-0.2, 0) is 6.54 Å². The molecule has 3 aromatic carbocycles. The SMILES string of the molecule is CCCCOc1ccc(C2c3c(oc4cc(C)cc(C)c4c3=O)C(=O)N2Cc2ccccc2Cl)cc1OC. The third-order valence-electron chi connectivity index (χ3n) is 6.97. The molecule has 1 aliphatic heterocycles. The number of carbonyl (C=O) groups excluding carboxylic acids is 1. The van der Waals surface area contributed by atoms with Crippen LogP contribution in [0.3, 0.4) is 0 Å². The van der Waals surface area contributed by atoms with Crippen LogP contribution in [0.25, 0.3) is 11.0 Å². The number of fused-ring (bicyclic) bond motifs is 2. The average molecular weight is 532 g/mol. The summed E-state index contributed by atoms with van der Waals surface area (Å²) in [4.78, 5) is 29.5. The van der Waals surface area contributed by atoms with Gasteiger partial charge in [0.1, 0.15) is 5.58 Å². The van der Waals surface area contributed by atoms with E-state index in [4.69, 9.17) is 25.5 Å². The summed E-state index contributed by atoms with van der Waals surface area (Å²) >= 11 is 6.48. The van der Waals surface area contributed by atoms with Crippen LogP contribution in [0.2, 0.25) is 5.02 Å². The molecule has 0 saturated heterocycles. The van der Waals surface area contributed by atoms with Crippen LogP contribution < -0.4 is 14.9 Å². The average Bonchev–Trinajstić information content (AvgIpc) is 3.16. The molecule has 1 aromatic heterocycles. The highest BCUT2D eigenvalue weighted by molar-refractivity contribution is 6.31. The number of benzene rings is 3. The van der Waals surface area contributed by atoms with E-state index in [0.717, 1.165) is 35.1 Å². The van der Waals surface area contributed by atoms with Crippen molar-refractivity contribution in [1.29, 1.82) is 0 Å². The van der Waals surface area contributed by atoms with Crippen molar-refractivity contribution in [1.82, 2.24) is 4.90 Å². The number of rotatable bonds is 8. The zero-order chi connectivity index (χ0) is 27.0. The molecule has 0 radical (unpaired) electrons. The van der Waals surface area contributed by atoms with E-state index in [0.29, 0.717) is 39.7 Å². The highest BCUT2D eigenvalue weighted by Gasteiger charge is 2.43. The fraction of sp³-hybridized carbons (Fsp3) is 0.290. The molecule has 1 atom stereocenters. The number of halogens is 1. The summed E-state index contributed by atoms with van der Waals surface area (Å²) in [6.07, 6.45) is 1.94. The molecule has 38 heavy (non-hydrogen) atoms. The summed E-state index contributed by atoms with van der Waals surface area (Å²) in [6.45, 7) is 6.70. The molecule has 0 spiro atoms. The van der Waals surface area contributed by atoms with Crippen molar-refractivity contribution in [3.8, 4) is 11.5 Å². The lowest BCUT2D eigenvalue weighted by Gasteiger charge is -2.26. The second-order valence-electron chi connectivity index (χ2n) is 9.67. The summed E-state index contributed by atoms with van der Waals surface area (Å²) in [7, 11) is 1.58. The molecule has 1 unspecified atom stereocenters. The molecule has 1 aliphatic rings. The summed E-state index contributed by atoms with van der Waals surface area (Å²) in [5, 5.41) is 1.03. The number of aryl methyl sites for hydroxylation is 2. The third kappa shape index (κ3) is 4.54. The minimum atomic E-state index is -0.686. The Morgan fingerprint density at radius 3 is 2.55 bits per heavy atom. The molecule has 4 aromatic rings. The molecule has 0 aliphatic carbocycles. The van der Waals surface area contributed by atoms with Crippen LogP contribution in [0.5, 0.6) is 11.5 Å². The van der Waals surface area contributed by atoms with Gasteiger partial charge in [0.15, 0.2) is 16.9 Å². The van der Waals surface area contributed by atoms with Gasteiger partial charge in [0.25, 0.3) is 5.91 Å². The Morgan fingerprint density at radius 1 is 1.03 bits per heavy atom. The Morgan fingerprint density at radius 2 is 1.82 bits per heavy atom. The zero-order valence-corrected chi connectivity index (χ0v) is 22.7. The maximum Gasteiger partial charge on any atom is 0.291 e. The van der Waals surface area contributed by atoms with E-state index in [1.165, 1.54) is 0 Å². The van der Waals surface area contributed by atoms with Crippen LogP contribution >= 0.6 is 11.6 Å². The van der Waals surface area contributed by atoms with Crippen LogP contribution in [0.15, 0.2) is 63.8 Å². The van der Waals surface area contributed by atoms with E-state index in [-0.39, 0.29) is 23.6 Å².